The summed E-state index contributed by atoms with van der Waals surface area (Å²) in [5, 5.41) is 73.7. The van der Waals surface area contributed by atoms with E-state index in [0.717, 1.165) is 26.5 Å². The van der Waals surface area contributed by atoms with Gasteiger partial charge >= 0.3 is 5.97 Å². The minimum atomic E-state index is -2.12. The number of rotatable bonds is 42. The molecule has 1 aliphatic rings. The van der Waals surface area contributed by atoms with E-state index in [2.05, 4.69) is 89.4 Å². The average molecular weight is 2010 g/mol. The van der Waals surface area contributed by atoms with Crippen LogP contribution in [0.3, 0.4) is 0 Å². The number of carboxylic acid groups (broad SMARTS) is 1. The number of para-hydroxylation sites is 1. The number of amides is 16. The van der Waals surface area contributed by atoms with Crippen LogP contribution in [0, 0.1) is 16.7 Å². The van der Waals surface area contributed by atoms with E-state index in [1.165, 1.54) is 47.5 Å². The fourth-order valence-corrected chi connectivity index (χ4v) is 15.7. The van der Waals surface area contributed by atoms with E-state index in [1.54, 1.807) is 105 Å². The summed E-state index contributed by atoms with van der Waals surface area (Å²) in [6, 6.07) is 2.35. The van der Waals surface area contributed by atoms with Crippen molar-refractivity contribution in [2.45, 2.75) is 203 Å². The molecule has 780 valence electrons. The van der Waals surface area contributed by atoms with Crippen molar-refractivity contribution in [3.8, 4) is 0 Å². The Hall–Kier alpha value is -13.9. The summed E-state index contributed by atoms with van der Waals surface area (Å²) in [6.45, 7) is 8.34. The second-order valence-corrected chi connectivity index (χ2v) is 35.3. The minimum absolute atomic E-state index is 0.00299. The Bertz CT molecular complexity index is 4980. The molecule has 5 aromatic rings. The number of nitrogens with one attached hydrogen (secondary N) is 18. The van der Waals surface area contributed by atoms with Crippen LogP contribution in [0.1, 0.15) is 121 Å². The molecule has 16 amide bonds. The number of carbonyl (C=O) groups excluding carboxylic acids is 16. The van der Waals surface area contributed by atoms with Crippen LogP contribution in [0.25, 0.3) is 10.9 Å². The largest absolute Gasteiger partial charge is 0.481 e. The predicted octanol–water partition coefficient (Wildman–Crippen LogP) is -4.32. The smallest absolute Gasteiger partial charge is 0.305 e. The first kappa shape index (κ1) is 117. The van der Waals surface area contributed by atoms with Crippen LogP contribution < -0.4 is 91.6 Å². The normalized spacial score (nSPS) is 21.8. The molecule has 0 aliphatic carbocycles. The molecule has 1 fully saturated rings. The number of nitrogens with zero attached hydrogens (tertiary/aromatic N) is 4. The molecule has 1 saturated heterocycles. The van der Waals surface area contributed by atoms with Gasteiger partial charge in [0, 0.05) is 114 Å². The van der Waals surface area contributed by atoms with Crippen molar-refractivity contribution in [2.24, 2.45) is 23.1 Å². The number of primary amides is 1. The van der Waals surface area contributed by atoms with Crippen LogP contribution in [0.5, 0.6) is 0 Å². The van der Waals surface area contributed by atoms with Crippen LogP contribution in [0.4, 0.5) is 0 Å². The molecule has 48 nitrogen and oxygen atoms in total. The second-order valence-electron chi connectivity index (χ2n) is 34.3. The summed E-state index contributed by atoms with van der Waals surface area (Å²) in [5.74, 6) is -19.8. The van der Waals surface area contributed by atoms with Gasteiger partial charge in [-0.05, 0) is 101 Å². The zero-order chi connectivity index (χ0) is 104. The first-order chi connectivity index (χ1) is 67.8. The fraction of sp³-hybridized carbons (Fsp3) is 0.548. The third kappa shape index (κ3) is 41.5. The first-order valence-electron chi connectivity index (χ1n) is 46.9. The number of carbonyl (C=O) groups is 17. The van der Waals surface area contributed by atoms with E-state index >= 15 is 38.4 Å². The third-order valence-corrected chi connectivity index (χ3v) is 23.9. The number of thioether (sulfide) groups is 1. The zero-order valence-electron chi connectivity index (χ0n) is 81.3. The van der Waals surface area contributed by atoms with Crippen LogP contribution >= 0.6 is 11.8 Å². The molecular formula is C93H139N25O23S. The van der Waals surface area contributed by atoms with E-state index in [4.69, 9.17) is 47.0 Å². The van der Waals surface area contributed by atoms with Gasteiger partial charge in [-0.25, -0.2) is 4.98 Å². The van der Waals surface area contributed by atoms with E-state index in [0.29, 0.717) is 66.3 Å². The highest BCUT2D eigenvalue weighted by molar-refractivity contribution is 8.00. The van der Waals surface area contributed by atoms with Crippen molar-refractivity contribution < 1.29 is 111 Å². The number of aliphatic carboxylic acids is 1. The number of guanidine groups is 2. The number of aliphatic hydroxyl groups is 1. The molecule has 1 aliphatic heterocycles. The maximum atomic E-state index is 15.5. The molecule has 142 heavy (non-hydrogen) atoms. The number of imidazole rings is 1. The molecule has 0 bridgehead atoms. The van der Waals surface area contributed by atoms with Gasteiger partial charge in [0.25, 0.3) is 0 Å². The van der Waals surface area contributed by atoms with Crippen molar-refractivity contribution in [3.63, 3.8) is 0 Å². The van der Waals surface area contributed by atoms with Crippen LogP contribution in [0.2, 0.25) is 0 Å². The zero-order valence-corrected chi connectivity index (χ0v) is 82.1. The van der Waals surface area contributed by atoms with Crippen molar-refractivity contribution in [1.29, 1.82) is 10.8 Å². The third-order valence-electron chi connectivity index (χ3n) is 22.9. The number of nitrogens with two attached hydrogens (primary N) is 3. The quantitative estimate of drug-likeness (QED) is 0.00998. The van der Waals surface area contributed by atoms with Gasteiger partial charge in [-0.3, -0.25) is 92.3 Å². The Balaban J connectivity index is 1.46. The van der Waals surface area contributed by atoms with Gasteiger partial charge in [0.2, 0.25) is 94.5 Å². The number of hydrogen-bond acceptors (Lipinski definition) is 26. The van der Waals surface area contributed by atoms with Crippen molar-refractivity contribution in [1.82, 2.24) is 104 Å². The highest BCUT2D eigenvalue weighted by atomic mass is 32.2. The van der Waals surface area contributed by atoms with E-state index in [9.17, 15) is 53.4 Å². The standard InChI is InChI=1S/C93H139N25O23S/c1-9-138-36-37-140-40-41-141-39-38-139-35-31-76(121)100-32-19-18-28-64-83(129)112-69(47-78(123)124)87(133)109-66(30-21-34-102-93(97)98)84(130)115-73(81(127)104-50-75(94)120)52-142-53-77(122)106-70(43-58-22-12-10-13-23-58)90(136)118(8)74(44-59-24-14-11-15-25-59)91(137)117(7)57(5)80(126)114-72(51-119)88(134)110-67(42-55(2)3)85(131)111-68(46-61-49-99-54-105-61)86(132)113-71(45-60-48-103-63-27-17-16-26-62(60)63)89(135)116(6)56(4)79(125)107-65(82(128)108-64)29-20-33-101-92(95)96/h10-17,22-27,48-49,54-57,64-74,103,119H,9,18-21,28-47,50-53H2,1-8H3,(H2,94,120)(H,99,105)(H,100,121)(H,104,127)(H,106,122)(H,107,125)(H,108,128)(H,109,133)(H,110,134)(H,111,131)(H,112,129)(H,113,132)(H,114,126)(H,115,130)(H,123,124)(H4,95,96,101)(H4,97,98,102)/t56-,57-,64-,65-,66-,67-,68-,69-,70-,71-,72-,73-,74-/m0/s1. The number of fused-ring (bicyclic) bond motifs is 1. The summed E-state index contributed by atoms with van der Waals surface area (Å²) < 4.78 is 21.8. The molecule has 6 rings (SSSR count). The molecule has 13 atom stereocenters. The lowest BCUT2D eigenvalue weighted by molar-refractivity contribution is -0.148. The Morgan fingerprint density at radius 2 is 0.965 bits per heavy atom. The van der Waals surface area contributed by atoms with Crippen LogP contribution in [0.15, 0.2) is 104 Å². The number of hydrogen-bond donors (Lipinski definition) is 23. The number of H-pyrrole nitrogens is 2. The molecule has 3 heterocycles. The number of carboxylic acids is 1. The number of aromatic nitrogens is 3. The van der Waals surface area contributed by atoms with Crippen LogP contribution in [-0.4, -0.2) is 349 Å². The van der Waals surface area contributed by atoms with Gasteiger partial charge in [-0.1, -0.05) is 92.7 Å². The van der Waals surface area contributed by atoms with E-state index < -0.39 is 222 Å². The number of ether oxygens (including phenoxy) is 4. The molecule has 26 N–H and O–H groups in total. The molecule has 0 radical (unpaired) electrons. The molecule has 0 spiro atoms. The SMILES string of the molecule is CCOCCOCCOCCOCCC(=O)NCCCC[C@@H]1NC(=O)[C@H](CCCNC(=N)N)NC(=O)[C@H](C)N(C)C(=O)[C@H](Cc2c[nH]c3ccccc23)NC(=O)[C@H](Cc2cnc[nH]2)NC(=O)[C@H](CC(C)C)NC(=O)[C@H](CO)NC(=O)[C@H](C)N(C)C(=O)[C@H](Cc2ccccc2)N(C)C(=O)[C@H](Cc2ccccc2)NC(=O)CSC[C@@H](C(=O)NCC(N)=O)NC(=O)[C@H](CCCNC(=N)N)NC(=O)[C@H](CC(=O)O)NC1=O. The Morgan fingerprint density at radius 3 is 1.52 bits per heavy atom. The minimum Gasteiger partial charge on any atom is -0.481 e. The Labute approximate surface area is 827 Å². The molecule has 2 aromatic heterocycles. The number of likely N-dealkylation sites (N-methyl/N-ethyl adjacent to an activating group) is 3. The summed E-state index contributed by atoms with van der Waals surface area (Å²) in [5.41, 5.74) is 19.1. The highest BCUT2D eigenvalue weighted by Crippen LogP contribution is 2.23. The fourth-order valence-electron chi connectivity index (χ4n) is 14.8. The van der Waals surface area contributed by atoms with Gasteiger partial charge in [0.1, 0.15) is 78.5 Å². The summed E-state index contributed by atoms with van der Waals surface area (Å²) in [6.07, 6.45) is 0.887. The van der Waals surface area contributed by atoms with Crippen molar-refractivity contribution >= 4 is 135 Å². The maximum absolute atomic E-state index is 15.5. The lowest BCUT2D eigenvalue weighted by Crippen LogP contribution is -2.61. The second kappa shape index (κ2) is 62.3. The number of unbranched alkanes of at least 4 members (excludes halogenated alkanes) is 1. The van der Waals surface area contributed by atoms with Crippen LogP contribution in [-0.2, 0) is 126 Å². The number of benzene rings is 3. The first-order valence-corrected chi connectivity index (χ1v) is 48.1. The predicted molar refractivity (Wildman–Crippen MR) is 522 cm³/mol. The van der Waals surface area contributed by atoms with Gasteiger partial charge in [0.15, 0.2) is 11.9 Å². The summed E-state index contributed by atoms with van der Waals surface area (Å²) >= 11 is 0.729. The highest BCUT2D eigenvalue weighted by Gasteiger charge is 2.42. The van der Waals surface area contributed by atoms with Gasteiger partial charge in [0.05, 0.1) is 77.9 Å². The average Bonchev–Trinajstić information content (AvgIpc) is 1.41. The molecule has 0 unspecified atom stereocenters. The molecule has 49 heteroatoms. The summed E-state index contributed by atoms with van der Waals surface area (Å²) in [4.78, 5) is 261. The van der Waals surface area contributed by atoms with Crippen molar-refractivity contribution in [3.05, 3.63) is 126 Å². The van der Waals surface area contributed by atoms with Crippen molar-refractivity contribution in [2.75, 3.05) is 118 Å². The van der Waals surface area contributed by atoms with Gasteiger partial charge in [-0.15, -0.1) is 11.8 Å². The Kier molecular flexibility index (Phi) is 51.2. The monoisotopic (exact) mass is 2010 g/mol. The topological polar surface area (TPSA) is 716 Å². The van der Waals surface area contributed by atoms with Gasteiger partial charge in [-0.2, -0.15) is 0 Å². The number of aromatic amines is 2. The van der Waals surface area contributed by atoms with E-state index in [-0.39, 0.29) is 129 Å². The molecular weight excluding hydrogens is 1870 g/mol. The lowest BCUT2D eigenvalue weighted by atomic mass is 10.00. The summed E-state index contributed by atoms with van der Waals surface area (Å²) in [7, 11) is 3.81. The molecule has 0 saturated carbocycles. The molecule has 3 aromatic carbocycles. The maximum Gasteiger partial charge on any atom is 0.305 e. The lowest BCUT2D eigenvalue weighted by Gasteiger charge is -2.35. The number of aliphatic hydroxyl groups excluding tert-OH is 1. The van der Waals surface area contributed by atoms with Gasteiger partial charge < -0.3 is 145 Å². The Morgan fingerprint density at radius 1 is 0.500 bits per heavy atom. The van der Waals surface area contributed by atoms with E-state index in [1.807, 2.05) is 6.92 Å².